The van der Waals surface area contributed by atoms with Gasteiger partial charge >= 0.3 is 0 Å². The Balaban J connectivity index is 1.85. The number of ether oxygens (including phenoxy) is 1. The molecule has 1 aliphatic heterocycles. The zero-order chi connectivity index (χ0) is 17.8. The largest absolute Gasteiger partial charge is 0.493 e. The molecule has 0 fully saturated rings. The summed E-state index contributed by atoms with van der Waals surface area (Å²) in [6, 6.07) is 11.9. The van der Waals surface area contributed by atoms with Gasteiger partial charge in [-0.25, -0.2) is 0 Å². The predicted octanol–water partition coefficient (Wildman–Crippen LogP) is 3.20. The van der Waals surface area contributed by atoms with Crippen LogP contribution in [0.3, 0.4) is 0 Å². The van der Waals surface area contributed by atoms with Crippen LogP contribution >= 0.6 is 11.6 Å². The van der Waals surface area contributed by atoms with Crippen LogP contribution in [-0.2, 0) is 12.8 Å². The van der Waals surface area contributed by atoms with E-state index >= 15 is 0 Å². The first-order chi connectivity index (χ1) is 12.1. The molecule has 0 aromatic heterocycles. The number of carbonyl (C=O) groups is 1. The minimum Gasteiger partial charge on any atom is -0.493 e. The van der Waals surface area contributed by atoms with E-state index in [2.05, 4.69) is 16.7 Å². The predicted molar refractivity (Wildman–Crippen MR) is 101 cm³/mol. The van der Waals surface area contributed by atoms with E-state index in [4.69, 9.17) is 16.3 Å². The SMILES string of the molecule is CN[C@@H](C)CNC(=O)c1cc(Cc2cccc(Cl)c2)c2c(c1)OCC2. The van der Waals surface area contributed by atoms with Crippen LogP contribution in [0.25, 0.3) is 0 Å². The third-order valence-corrected chi connectivity index (χ3v) is 4.75. The molecule has 3 rings (SSSR count). The molecular formula is C20H23ClN2O2. The van der Waals surface area contributed by atoms with Crippen molar-refractivity contribution < 1.29 is 9.53 Å². The van der Waals surface area contributed by atoms with Gasteiger partial charge < -0.3 is 15.4 Å². The highest BCUT2D eigenvalue weighted by Crippen LogP contribution is 2.32. The lowest BCUT2D eigenvalue weighted by Gasteiger charge is -2.14. The summed E-state index contributed by atoms with van der Waals surface area (Å²) < 4.78 is 5.72. The molecule has 0 bridgehead atoms. The number of rotatable bonds is 6. The number of benzene rings is 2. The summed E-state index contributed by atoms with van der Waals surface area (Å²) >= 11 is 6.10. The molecule has 0 aliphatic carbocycles. The number of hydrogen-bond acceptors (Lipinski definition) is 3. The van der Waals surface area contributed by atoms with Gasteiger partial charge in [-0.15, -0.1) is 0 Å². The van der Waals surface area contributed by atoms with Gasteiger partial charge in [-0.3, -0.25) is 4.79 Å². The van der Waals surface area contributed by atoms with E-state index in [0.29, 0.717) is 18.7 Å². The van der Waals surface area contributed by atoms with E-state index in [1.54, 1.807) is 0 Å². The van der Waals surface area contributed by atoms with Crippen LogP contribution in [-0.4, -0.2) is 32.1 Å². The summed E-state index contributed by atoms with van der Waals surface area (Å²) in [4.78, 5) is 12.5. The summed E-state index contributed by atoms with van der Waals surface area (Å²) in [6.07, 6.45) is 1.62. The average molecular weight is 359 g/mol. The summed E-state index contributed by atoms with van der Waals surface area (Å²) in [5.41, 5.74) is 4.09. The first kappa shape index (κ1) is 17.8. The zero-order valence-corrected chi connectivity index (χ0v) is 15.3. The van der Waals surface area contributed by atoms with Gasteiger partial charge in [0.05, 0.1) is 6.61 Å². The molecule has 132 valence electrons. The normalized spacial score (nSPS) is 13.9. The maximum Gasteiger partial charge on any atom is 0.251 e. The number of halogens is 1. The second kappa shape index (κ2) is 7.89. The van der Waals surface area contributed by atoms with E-state index in [1.165, 1.54) is 5.56 Å². The standard InChI is InChI=1S/C20H23ClN2O2/c1-13(22-2)12-23-20(24)16-10-15(18-6-7-25-19(18)11-16)8-14-4-3-5-17(21)9-14/h3-5,9-11,13,22H,6-8,12H2,1-2H3,(H,23,24)/t13-/m0/s1. The van der Waals surface area contributed by atoms with Crippen LogP contribution in [0, 0.1) is 0 Å². The highest BCUT2D eigenvalue weighted by Gasteiger charge is 2.20. The Morgan fingerprint density at radius 2 is 2.16 bits per heavy atom. The second-order valence-corrected chi connectivity index (χ2v) is 6.85. The van der Waals surface area contributed by atoms with Gasteiger partial charge in [0.1, 0.15) is 5.75 Å². The molecule has 0 radical (unpaired) electrons. The van der Waals surface area contributed by atoms with Crippen molar-refractivity contribution in [2.45, 2.75) is 25.8 Å². The molecule has 2 aromatic rings. The number of fused-ring (bicyclic) bond motifs is 1. The Bertz CT molecular complexity index is 776. The average Bonchev–Trinajstić information content (AvgIpc) is 3.08. The Kier molecular flexibility index (Phi) is 5.61. The quantitative estimate of drug-likeness (QED) is 0.833. The topological polar surface area (TPSA) is 50.4 Å². The minimum atomic E-state index is -0.0762. The number of amides is 1. The smallest absolute Gasteiger partial charge is 0.251 e. The lowest BCUT2D eigenvalue weighted by molar-refractivity contribution is 0.0950. The molecule has 1 heterocycles. The lowest BCUT2D eigenvalue weighted by Crippen LogP contribution is -2.37. The van der Waals surface area contributed by atoms with Gasteiger partial charge in [0.2, 0.25) is 0 Å². The van der Waals surface area contributed by atoms with E-state index in [0.717, 1.165) is 34.7 Å². The van der Waals surface area contributed by atoms with Gasteiger partial charge in [0.15, 0.2) is 0 Å². The summed E-state index contributed by atoms with van der Waals surface area (Å²) in [7, 11) is 1.88. The number of nitrogens with one attached hydrogen (secondary N) is 2. The molecule has 25 heavy (non-hydrogen) atoms. The summed E-state index contributed by atoms with van der Waals surface area (Å²) in [5, 5.41) is 6.80. The minimum absolute atomic E-state index is 0.0762. The van der Waals surface area contributed by atoms with Crippen molar-refractivity contribution in [2.75, 3.05) is 20.2 Å². The Hall–Kier alpha value is -2.04. The summed E-state index contributed by atoms with van der Waals surface area (Å²) in [5.74, 6) is 0.749. The first-order valence-electron chi connectivity index (χ1n) is 8.55. The molecule has 0 spiro atoms. The highest BCUT2D eigenvalue weighted by atomic mass is 35.5. The van der Waals surface area contributed by atoms with Crippen molar-refractivity contribution in [3.8, 4) is 5.75 Å². The van der Waals surface area contributed by atoms with Crippen molar-refractivity contribution in [3.63, 3.8) is 0 Å². The Labute approximate surface area is 153 Å². The maximum absolute atomic E-state index is 12.5. The number of carbonyl (C=O) groups excluding carboxylic acids is 1. The molecule has 0 unspecified atom stereocenters. The van der Waals surface area contributed by atoms with E-state index in [-0.39, 0.29) is 11.9 Å². The van der Waals surface area contributed by atoms with Crippen LogP contribution in [0.1, 0.15) is 34.0 Å². The fourth-order valence-corrected chi connectivity index (χ4v) is 3.20. The van der Waals surface area contributed by atoms with Crippen LogP contribution in [0.5, 0.6) is 5.75 Å². The third kappa shape index (κ3) is 4.33. The molecule has 5 heteroatoms. The number of hydrogen-bond donors (Lipinski definition) is 2. The van der Waals surface area contributed by atoms with Gasteiger partial charge in [0.25, 0.3) is 5.91 Å². The van der Waals surface area contributed by atoms with Gasteiger partial charge in [0, 0.05) is 35.2 Å². The van der Waals surface area contributed by atoms with Crippen LogP contribution < -0.4 is 15.4 Å². The van der Waals surface area contributed by atoms with Crippen molar-refractivity contribution in [2.24, 2.45) is 0 Å². The maximum atomic E-state index is 12.5. The fourth-order valence-electron chi connectivity index (χ4n) is 2.98. The van der Waals surface area contributed by atoms with Gasteiger partial charge in [-0.1, -0.05) is 23.7 Å². The van der Waals surface area contributed by atoms with E-state index < -0.39 is 0 Å². The van der Waals surface area contributed by atoms with Crippen molar-refractivity contribution in [3.05, 3.63) is 63.7 Å². The molecule has 1 aliphatic rings. The molecule has 1 atom stereocenters. The van der Waals surface area contributed by atoms with Crippen molar-refractivity contribution >= 4 is 17.5 Å². The molecule has 0 saturated carbocycles. The van der Waals surface area contributed by atoms with Crippen LogP contribution in [0.15, 0.2) is 36.4 Å². The monoisotopic (exact) mass is 358 g/mol. The molecule has 4 nitrogen and oxygen atoms in total. The van der Waals surface area contributed by atoms with Crippen LogP contribution in [0.4, 0.5) is 0 Å². The zero-order valence-electron chi connectivity index (χ0n) is 14.6. The van der Waals surface area contributed by atoms with Crippen molar-refractivity contribution in [1.29, 1.82) is 0 Å². The van der Waals surface area contributed by atoms with Crippen molar-refractivity contribution in [1.82, 2.24) is 10.6 Å². The molecule has 0 saturated heterocycles. The Morgan fingerprint density at radius 3 is 2.92 bits per heavy atom. The molecule has 2 N–H and O–H groups in total. The molecule has 1 amide bonds. The second-order valence-electron chi connectivity index (χ2n) is 6.42. The van der Waals surface area contributed by atoms with Gasteiger partial charge in [-0.05, 0) is 55.8 Å². The van der Waals surface area contributed by atoms with Crippen LogP contribution in [0.2, 0.25) is 5.02 Å². The highest BCUT2D eigenvalue weighted by molar-refractivity contribution is 6.30. The Morgan fingerprint density at radius 1 is 1.32 bits per heavy atom. The lowest BCUT2D eigenvalue weighted by atomic mass is 9.95. The third-order valence-electron chi connectivity index (χ3n) is 4.52. The molecular weight excluding hydrogens is 336 g/mol. The first-order valence-corrected chi connectivity index (χ1v) is 8.93. The van der Waals surface area contributed by atoms with Gasteiger partial charge in [-0.2, -0.15) is 0 Å². The summed E-state index contributed by atoms with van der Waals surface area (Å²) in [6.45, 7) is 3.27. The van der Waals surface area contributed by atoms with E-state index in [9.17, 15) is 4.79 Å². The van der Waals surface area contributed by atoms with E-state index in [1.807, 2.05) is 44.3 Å². The molecule has 2 aromatic carbocycles. The number of likely N-dealkylation sites (N-methyl/N-ethyl adjacent to an activating group) is 1. The fraction of sp³-hybridized carbons (Fsp3) is 0.350.